The first-order valence-electron chi connectivity index (χ1n) is 6.32. The van der Waals surface area contributed by atoms with E-state index >= 15 is 0 Å². The van der Waals surface area contributed by atoms with Gasteiger partial charge in [0.2, 0.25) is 0 Å². The Morgan fingerprint density at radius 1 is 1.47 bits per heavy atom. The predicted octanol–water partition coefficient (Wildman–Crippen LogP) is 2.69. The highest BCUT2D eigenvalue weighted by atomic mass is 79.9. The van der Waals surface area contributed by atoms with Gasteiger partial charge in [-0.15, -0.1) is 0 Å². The van der Waals surface area contributed by atoms with Crippen molar-refractivity contribution in [1.82, 2.24) is 0 Å². The molecule has 1 unspecified atom stereocenters. The van der Waals surface area contributed by atoms with Crippen LogP contribution in [0.15, 0.2) is 22.7 Å². The van der Waals surface area contributed by atoms with Crippen molar-refractivity contribution >= 4 is 15.9 Å². The predicted molar refractivity (Wildman–Crippen MR) is 73.6 cm³/mol. The van der Waals surface area contributed by atoms with Crippen LogP contribution in [0.2, 0.25) is 0 Å². The molecule has 0 aromatic heterocycles. The average Bonchev–Trinajstić information content (AvgIpc) is 2.43. The van der Waals surface area contributed by atoms with E-state index in [4.69, 9.17) is 9.47 Å². The van der Waals surface area contributed by atoms with Crippen LogP contribution in [0.3, 0.4) is 0 Å². The molecule has 0 amide bonds. The van der Waals surface area contributed by atoms with Gasteiger partial charge in [0, 0.05) is 44.1 Å². The summed E-state index contributed by atoms with van der Waals surface area (Å²) in [5.74, 6) is -0.302. The van der Waals surface area contributed by atoms with Gasteiger partial charge in [0.25, 0.3) is 0 Å². The molecule has 1 saturated heterocycles. The monoisotopic (exact) mass is 332 g/mol. The summed E-state index contributed by atoms with van der Waals surface area (Å²) < 4.78 is 24.9. The van der Waals surface area contributed by atoms with Gasteiger partial charge in [0.05, 0.1) is 11.7 Å². The quantitative estimate of drug-likeness (QED) is 0.921. The average molecular weight is 333 g/mol. The lowest BCUT2D eigenvalue weighted by Crippen LogP contribution is -2.49. The molecule has 1 aliphatic heterocycles. The largest absolute Gasteiger partial charge is 0.390 e. The Labute approximate surface area is 120 Å². The number of methoxy groups -OCH3 is 1. The third-order valence-corrected chi connectivity index (χ3v) is 4.55. The summed E-state index contributed by atoms with van der Waals surface area (Å²) in [6.45, 7) is 1.16. The third kappa shape index (κ3) is 3.34. The maximum absolute atomic E-state index is 13.3. The Balaban J connectivity index is 2.14. The molecule has 0 spiro atoms. The number of aliphatic hydroxyl groups excluding tert-OH is 1. The number of halogens is 2. The molecule has 0 aliphatic carbocycles. The van der Waals surface area contributed by atoms with E-state index in [2.05, 4.69) is 15.9 Å². The molecular weight excluding hydrogens is 315 g/mol. The highest BCUT2D eigenvalue weighted by Crippen LogP contribution is 2.31. The van der Waals surface area contributed by atoms with E-state index in [1.165, 1.54) is 12.1 Å². The van der Waals surface area contributed by atoms with E-state index in [9.17, 15) is 9.50 Å². The van der Waals surface area contributed by atoms with Crippen molar-refractivity contribution in [3.05, 3.63) is 34.1 Å². The summed E-state index contributed by atoms with van der Waals surface area (Å²) in [4.78, 5) is 0. The first-order valence-corrected chi connectivity index (χ1v) is 7.11. The van der Waals surface area contributed by atoms with Crippen molar-refractivity contribution in [1.29, 1.82) is 0 Å². The second kappa shape index (κ2) is 6.31. The van der Waals surface area contributed by atoms with Crippen molar-refractivity contribution in [3.63, 3.8) is 0 Å². The number of ether oxygens (including phenoxy) is 2. The van der Waals surface area contributed by atoms with Gasteiger partial charge in [-0.1, -0.05) is 15.9 Å². The summed E-state index contributed by atoms with van der Waals surface area (Å²) >= 11 is 3.38. The molecule has 3 nitrogen and oxygen atoms in total. The lowest BCUT2D eigenvalue weighted by atomic mass is 9.84. The van der Waals surface area contributed by atoms with Gasteiger partial charge in [0.1, 0.15) is 5.82 Å². The maximum atomic E-state index is 13.3. The summed E-state index contributed by atoms with van der Waals surface area (Å²) in [6.07, 6.45) is 0.973. The second-order valence-electron chi connectivity index (χ2n) is 4.84. The molecule has 1 aromatic rings. The zero-order valence-corrected chi connectivity index (χ0v) is 12.5. The smallest absolute Gasteiger partial charge is 0.123 e. The number of hydrogen-bond acceptors (Lipinski definition) is 3. The fourth-order valence-electron chi connectivity index (χ4n) is 2.48. The van der Waals surface area contributed by atoms with Gasteiger partial charge >= 0.3 is 0 Å². The Bertz CT molecular complexity index is 433. The first-order chi connectivity index (χ1) is 9.07. The first kappa shape index (κ1) is 14.9. The molecule has 1 aliphatic rings. The van der Waals surface area contributed by atoms with Gasteiger partial charge in [-0.05, 0) is 23.8 Å². The highest BCUT2D eigenvalue weighted by molar-refractivity contribution is 9.10. The molecular formula is C14H18BrFO3. The SMILES string of the molecule is COC1(C(O)Cc2cc(F)ccc2Br)CCOCC1. The van der Waals surface area contributed by atoms with Crippen LogP contribution >= 0.6 is 15.9 Å². The third-order valence-electron chi connectivity index (χ3n) is 3.77. The highest BCUT2D eigenvalue weighted by Gasteiger charge is 2.39. The van der Waals surface area contributed by atoms with Gasteiger partial charge in [0.15, 0.2) is 0 Å². The van der Waals surface area contributed by atoms with Gasteiger partial charge in [-0.25, -0.2) is 4.39 Å². The summed E-state index contributed by atoms with van der Waals surface area (Å²) in [6, 6.07) is 4.48. The zero-order valence-electron chi connectivity index (χ0n) is 10.9. The minimum atomic E-state index is -0.681. The minimum absolute atomic E-state index is 0.302. The van der Waals surface area contributed by atoms with Crippen molar-refractivity contribution in [2.24, 2.45) is 0 Å². The lowest BCUT2D eigenvalue weighted by molar-refractivity contribution is -0.151. The molecule has 0 bridgehead atoms. The van der Waals surface area contributed by atoms with E-state index < -0.39 is 11.7 Å². The van der Waals surface area contributed by atoms with Crippen LogP contribution < -0.4 is 0 Å². The molecule has 5 heteroatoms. The minimum Gasteiger partial charge on any atom is -0.390 e. The second-order valence-corrected chi connectivity index (χ2v) is 5.69. The van der Waals surface area contributed by atoms with Gasteiger partial charge in [-0.2, -0.15) is 0 Å². The van der Waals surface area contributed by atoms with Crippen molar-refractivity contribution in [2.75, 3.05) is 20.3 Å². The number of benzene rings is 1. The van der Waals surface area contributed by atoms with Crippen LogP contribution in [-0.4, -0.2) is 37.1 Å². The fourth-order valence-corrected chi connectivity index (χ4v) is 2.89. The summed E-state index contributed by atoms with van der Waals surface area (Å²) in [5.41, 5.74) is 0.153. The Morgan fingerprint density at radius 2 is 2.16 bits per heavy atom. The molecule has 1 aromatic carbocycles. The molecule has 1 heterocycles. The molecule has 1 fully saturated rings. The number of hydrogen-bond donors (Lipinski definition) is 1. The van der Waals surface area contributed by atoms with Crippen molar-refractivity contribution < 1.29 is 19.0 Å². The van der Waals surface area contributed by atoms with E-state index in [-0.39, 0.29) is 5.82 Å². The number of aliphatic hydroxyl groups is 1. The van der Waals surface area contributed by atoms with Crippen LogP contribution in [0.25, 0.3) is 0 Å². The summed E-state index contributed by atoms with van der Waals surface area (Å²) in [7, 11) is 1.61. The lowest BCUT2D eigenvalue weighted by Gasteiger charge is -2.39. The summed E-state index contributed by atoms with van der Waals surface area (Å²) in [5, 5.41) is 10.5. The van der Waals surface area contributed by atoms with Crippen LogP contribution in [0.5, 0.6) is 0 Å². The van der Waals surface area contributed by atoms with Crippen LogP contribution in [0.4, 0.5) is 4.39 Å². The topological polar surface area (TPSA) is 38.7 Å². The number of rotatable bonds is 4. The van der Waals surface area contributed by atoms with Crippen LogP contribution in [0.1, 0.15) is 18.4 Å². The molecule has 2 rings (SSSR count). The van der Waals surface area contributed by atoms with Crippen LogP contribution in [-0.2, 0) is 15.9 Å². The molecule has 19 heavy (non-hydrogen) atoms. The van der Waals surface area contributed by atoms with E-state index in [1.54, 1.807) is 13.2 Å². The van der Waals surface area contributed by atoms with Crippen molar-refractivity contribution in [2.45, 2.75) is 31.0 Å². The normalized spacial score (nSPS) is 20.2. The molecule has 1 atom stereocenters. The molecule has 0 saturated carbocycles. The fraction of sp³-hybridized carbons (Fsp3) is 0.571. The molecule has 0 radical (unpaired) electrons. The van der Waals surface area contributed by atoms with Gasteiger partial charge in [-0.3, -0.25) is 0 Å². The zero-order chi connectivity index (χ0) is 13.9. The van der Waals surface area contributed by atoms with E-state index in [0.717, 1.165) is 10.0 Å². The Morgan fingerprint density at radius 3 is 2.79 bits per heavy atom. The van der Waals surface area contributed by atoms with Gasteiger partial charge < -0.3 is 14.6 Å². The maximum Gasteiger partial charge on any atom is 0.123 e. The van der Waals surface area contributed by atoms with Crippen LogP contribution in [0, 0.1) is 5.82 Å². The Kier molecular flexibility index (Phi) is 4.95. The van der Waals surface area contributed by atoms with Crippen molar-refractivity contribution in [3.8, 4) is 0 Å². The molecule has 106 valence electrons. The Hall–Kier alpha value is -0.490. The standard InChI is InChI=1S/C14H18BrFO3/c1-18-14(4-6-19-7-5-14)13(17)9-10-8-11(16)2-3-12(10)15/h2-3,8,13,17H,4-7,9H2,1H3. The molecule has 1 N–H and O–H groups in total. The van der Waals surface area contributed by atoms with E-state index in [1.807, 2.05) is 0 Å². The van der Waals surface area contributed by atoms with E-state index in [0.29, 0.717) is 32.5 Å².